The summed E-state index contributed by atoms with van der Waals surface area (Å²) in [6.07, 6.45) is 4.16. The number of rotatable bonds is 3. The molecular weight excluding hydrogens is 150 g/mol. The molecule has 56 valence electrons. The van der Waals surface area contributed by atoms with Crippen molar-refractivity contribution in [2.45, 2.75) is 12.5 Å². The van der Waals surface area contributed by atoms with Crippen LogP contribution in [0.2, 0.25) is 0 Å². The average molecular weight is 160 g/mol. The summed E-state index contributed by atoms with van der Waals surface area (Å²) in [5.74, 6) is 0.485. The fraction of sp³-hybridized carbons (Fsp3) is 0.500. The van der Waals surface area contributed by atoms with Crippen LogP contribution in [0, 0.1) is 0 Å². The van der Waals surface area contributed by atoms with Gasteiger partial charge in [0.2, 0.25) is 0 Å². The van der Waals surface area contributed by atoms with E-state index in [-0.39, 0.29) is 6.04 Å². The molecule has 1 heterocycles. The largest absolute Gasteiger partial charge is 0.348 e. The van der Waals surface area contributed by atoms with Gasteiger partial charge in [0, 0.05) is 30.2 Å². The molecular formula is C6H10ClN3. The summed E-state index contributed by atoms with van der Waals surface area (Å²) in [4.78, 5) is 6.81. The molecule has 3 N–H and O–H groups in total. The Labute approximate surface area is 64.6 Å². The minimum atomic E-state index is 0.0297. The molecule has 0 aromatic carbocycles. The molecule has 0 saturated heterocycles. The quantitative estimate of drug-likeness (QED) is 0.632. The predicted octanol–water partition coefficient (Wildman–Crippen LogP) is 0.518. The van der Waals surface area contributed by atoms with E-state index in [2.05, 4.69) is 9.97 Å². The lowest BCUT2D eigenvalue weighted by atomic mass is 10.2. The maximum atomic E-state index is 5.58. The highest BCUT2D eigenvalue weighted by Gasteiger charge is 2.01. The van der Waals surface area contributed by atoms with Crippen molar-refractivity contribution >= 4 is 11.6 Å². The van der Waals surface area contributed by atoms with Crippen molar-refractivity contribution in [3.63, 3.8) is 0 Å². The van der Waals surface area contributed by atoms with Gasteiger partial charge in [0.05, 0.1) is 6.33 Å². The number of nitrogens with one attached hydrogen (secondary N) is 1. The number of alkyl halides is 1. The van der Waals surface area contributed by atoms with Crippen molar-refractivity contribution in [2.24, 2.45) is 5.73 Å². The normalized spacial score (nSPS) is 13.4. The zero-order chi connectivity index (χ0) is 7.40. The van der Waals surface area contributed by atoms with Crippen LogP contribution in [-0.4, -0.2) is 21.9 Å². The zero-order valence-corrected chi connectivity index (χ0v) is 6.30. The number of nitrogens with zero attached hydrogens (tertiary/aromatic N) is 1. The maximum absolute atomic E-state index is 5.58. The van der Waals surface area contributed by atoms with Crippen LogP contribution in [-0.2, 0) is 6.42 Å². The molecule has 0 saturated carbocycles. The van der Waals surface area contributed by atoms with Crippen molar-refractivity contribution in [2.75, 3.05) is 5.88 Å². The molecule has 1 rings (SSSR count). The zero-order valence-electron chi connectivity index (χ0n) is 5.55. The van der Waals surface area contributed by atoms with Gasteiger partial charge in [0.15, 0.2) is 0 Å². The minimum Gasteiger partial charge on any atom is -0.348 e. The van der Waals surface area contributed by atoms with Crippen LogP contribution in [0.25, 0.3) is 0 Å². The van der Waals surface area contributed by atoms with Crippen molar-refractivity contribution in [1.29, 1.82) is 0 Å². The molecule has 0 spiro atoms. The summed E-state index contributed by atoms with van der Waals surface area (Å²) >= 11 is 5.51. The topological polar surface area (TPSA) is 54.7 Å². The van der Waals surface area contributed by atoms with Crippen molar-refractivity contribution in [3.8, 4) is 0 Å². The first-order valence-electron chi connectivity index (χ1n) is 3.11. The van der Waals surface area contributed by atoms with Crippen molar-refractivity contribution in [1.82, 2.24) is 9.97 Å². The molecule has 4 heteroatoms. The molecule has 0 aliphatic rings. The van der Waals surface area contributed by atoms with E-state index in [1.54, 1.807) is 12.5 Å². The van der Waals surface area contributed by atoms with Gasteiger partial charge in [0.1, 0.15) is 0 Å². The number of aromatic nitrogens is 2. The Morgan fingerprint density at radius 1 is 1.80 bits per heavy atom. The lowest BCUT2D eigenvalue weighted by Gasteiger charge is -2.03. The lowest BCUT2D eigenvalue weighted by molar-refractivity contribution is 0.732. The highest BCUT2D eigenvalue weighted by Crippen LogP contribution is 1.96. The highest BCUT2D eigenvalue weighted by molar-refractivity contribution is 6.18. The second-order valence-electron chi connectivity index (χ2n) is 2.20. The second-order valence-corrected chi connectivity index (χ2v) is 2.50. The average Bonchev–Trinajstić information content (AvgIpc) is 2.40. The van der Waals surface area contributed by atoms with Crippen LogP contribution in [0.4, 0.5) is 0 Å². The van der Waals surface area contributed by atoms with Gasteiger partial charge in [-0.2, -0.15) is 0 Å². The van der Waals surface area contributed by atoms with E-state index in [1.165, 1.54) is 0 Å². The van der Waals surface area contributed by atoms with Crippen molar-refractivity contribution in [3.05, 3.63) is 18.2 Å². The van der Waals surface area contributed by atoms with Gasteiger partial charge >= 0.3 is 0 Å². The van der Waals surface area contributed by atoms with E-state index in [1.807, 2.05) is 0 Å². The summed E-state index contributed by atoms with van der Waals surface area (Å²) in [6, 6.07) is 0.0297. The number of aromatic amines is 1. The highest BCUT2D eigenvalue weighted by atomic mass is 35.5. The van der Waals surface area contributed by atoms with Crippen LogP contribution >= 0.6 is 11.6 Å². The van der Waals surface area contributed by atoms with E-state index in [4.69, 9.17) is 17.3 Å². The fourth-order valence-corrected chi connectivity index (χ4v) is 0.842. The molecule has 10 heavy (non-hydrogen) atoms. The van der Waals surface area contributed by atoms with Crippen LogP contribution in [0.5, 0.6) is 0 Å². The smallest absolute Gasteiger partial charge is 0.0921 e. The standard InChI is InChI=1S/C6H10ClN3/c7-2-5(8)1-6-3-9-4-10-6/h3-5H,1-2,8H2,(H,9,10)/t5-/m1/s1. The summed E-state index contributed by atoms with van der Waals surface area (Å²) in [5, 5.41) is 0. The predicted molar refractivity (Wildman–Crippen MR) is 41.0 cm³/mol. The molecule has 0 unspecified atom stereocenters. The first kappa shape index (κ1) is 7.57. The summed E-state index contributed by atoms with van der Waals surface area (Å²) in [6.45, 7) is 0. The summed E-state index contributed by atoms with van der Waals surface area (Å²) in [5.41, 5.74) is 6.62. The molecule has 0 aliphatic heterocycles. The lowest BCUT2D eigenvalue weighted by Crippen LogP contribution is -2.24. The molecule has 1 aromatic heterocycles. The van der Waals surface area contributed by atoms with Gasteiger partial charge in [-0.25, -0.2) is 4.98 Å². The Hall–Kier alpha value is -0.540. The SMILES string of the molecule is N[C@@H](CCl)Cc1cnc[nH]1. The van der Waals surface area contributed by atoms with E-state index in [9.17, 15) is 0 Å². The Morgan fingerprint density at radius 3 is 3.10 bits per heavy atom. The maximum Gasteiger partial charge on any atom is 0.0921 e. The van der Waals surface area contributed by atoms with Crippen LogP contribution in [0.15, 0.2) is 12.5 Å². The first-order chi connectivity index (χ1) is 4.83. The van der Waals surface area contributed by atoms with Gasteiger partial charge in [-0.15, -0.1) is 11.6 Å². The van der Waals surface area contributed by atoms with E-state index < -0.39 is 0 Å². The van der Waals surface area contributed by atoms with E-state index >= 15 is 0 Å². The Bertz CT molecular complexity index is 173. The van der Waals surface area contributed by atoms with Gasteiger partial charge in [-0.05, 0) is 0 Å². The number of hydrogen-bond donors (Lipinski definition) is 2. The number of hydrogen-bond acceptors (Lipinski definition) is 2. The third-order valence-electron chi connectivity index (χ3n) is 1.24. The Kier molecular flexibility index (Phi) is 2.71. The van der Waals surface area contributed by atoms with Crippen molar-refractivity contribution < 1.29 is 0 Å². The van der Waals surface area contributed by atoms with Gasteiger partial charge in [-0.1, -0.05) is 0 Å². The number of halogens is 1. The number of H-pyrrole nitrogens is 1. The van der Waals surface area contributed by atoms with Gasteiger partial charge in [-0.3, -0.25) is 0 Å². The number of imidazole rings is 1. The second kappa shape index (κ2) is 3.58. The Morgan fingerprint density at radius 2 is 2.60 bits per heavy atom. The summed E-state index contributed by atoms with van der Waals surface area (Å²) in [7, 11) is 0. The summed E-state index contributed by atoms with van der Waals surface area (Å²) < 4.78 is 0. The number of nitrogens with two attached hydrogens (primary N) is 1. The van der Waals surface area contributed by atoms with Crippen LogP contribution in [0.3, 0.4) is 0 Å². The van der Waals surface area contributed by atoms with Crippen LogP contribution in [0.1, 0.15) is 5.69 Å². The third-order valence-corrected chi connectivity index (χ3v) is 1.63. The van der Waals surface area contributed by atoms with E-state index in [0.29, 0.717) is 5.88 Å². The van der Waals surface area contributed by atoms with E-state index in [0.717, 1.165) is 12.1 Å². The molecule has 0 aliphatic carbocycles. The molecule has 0 fully saturated rings. The van der Waals surface area contributed by atoms with Gasteiger partial charge in [0.25, 0.3) is 0 Å². The molecule has 0 amide bonds. The third kappa shape index (κ3) is 2.01. The monoisotopic (exact) mass is 159 g/mol. The first-order valence-corrected chi connectivity index (χ1v) is 3.65. The molecule has 0 bridgehead atoms. The van der Waals surface area contributed by atoms with Gasteiger partial charge < -0.3 is 10.7 Å². The minimum absolute atomic E-state index is 0.0297. The van der Waals surface area contributed by atoms with Crippen LogP contribution < -0.4 is 5.73 Å². The Balaban J connectivity index is 2.40. The molecule has 1 atom stereocenters. The molecule has 1 aromatic rings. The molecule has 0 radical (unpaired) electrons. The molecule has 3 nitrogen and oxygen atoms in total. The fourth-order valence-electron chi connectivity index (χ4n) is 0.733.